The molecule has 2 heterocycles. The third-order valence-electron chi connectivity index (χ3n) is 4.66. The summed E-state index contributed by atoms with van der Waals surface area (Å²) in [5.74, 6) is 0. The van der Waals surface area contributed by atoms with Gasteiger partial charge in [-0.25, -0.2) is 0 Å². The number of rotatable bonds is 3. The molecule has 0 fully saturated rings. The molecule has 26 heavy (non-hydrogen) atoms. The molecule has 0 bridgehead atoms. The first-order chi connectivity index (χ1) is 12.3. The Balaban J connectivity index is 1.61. The van der Waals surface area contributed by atoms with Crippen LogP contribution in [0, 0.1) is 6.92 Å². The summed E-state index contributed by atoms with van der Waals surface area (Å²) in [5, 5.41) is 2.26. The van der Waals surface area contributed by atoms with Gasteiger partial charge < -0.3 is 4.98 Å². The topological polar surface area (TPSA) is 65.2 Å². The number of halogens is 2. The van der Waals surface area contributed by atoms with E-state index in [2.05, 4.69) is 9.71 Å². The molecule has 0 amide bonds. The van der Waals surface area contributed by atoms with Gasteiger partial charge in [-0.15, -0.1) is 0 Å². The van der Waals surface area contributed by atoms with Crippen LogP contribution in [0.5, 0.6) is 0 Å². The second-order valence-corrected chi connectivity index (χ2v) is 8.94. The van der Waals surface area contributed by atoms with Crippen LogP contribution in [0.4, 0.5) is 5.69 Å². The predicted molar refractivity (Wildman–Crippen MR) is 106 cm³/mol. The monoisotopic (exact) mass is 409 g/mol. The van der Waals surface area contributed by atoms with Crippen LogP contribution >= 0.6 is 23.2 Å². The lowest BCUT2D eigenvalue weighted by Gasteiger charge is -2.26. The second kappa shape index (κ2) is 6.46. The van der Waals surface area contributed by atoms with Crippen molar-refractivity contribution in [3.05, 3.63) is 63.3 Å². The molecular weight excluding hydrogens is 393 g/mol. The van der Waals surface area contributed by atoms with E-state index in [1.54, 1.807) is 18.2 Å². The van der Waals surface area contributed by atoms with Crippen LogP contribution in [0.25, 0.3) is 10.9 Å². The molecule has 0 spiro atoms. The highest BCUT2D eigenvalue weighted by atomic mass is 35.5. The van der Waals surface area contributed by atoms with Crippen molar-refractivity contribution in [3.8, 4) is 0 Å². The highest BCUT2D eigenvalue weighted by molar-refractivity contribution is 7.90. The average molecular weight is 410 g/mol. The third kappa shape index (κ3) is 3.18. The van der Waals surface area contributed by atoms with Crippen molar-refractivity contribution in [1.82, 2.24) is 9.29 Å². The fraction of sp³-hybridized carbons (Fsp3) is 0.222. The van der Waals surface area contributed by atoms with E-state index in [0.717, 1.165) is 27.7 Å². The fourth-order valence-corrected chi connectivity index (χ4v) is 4.80. The molecule has 3 aromatic rings. The molecule has 0 saturated heterocycles. The molecule has 0 atom stereocenters. The van der Waals surface area contributed by atoms with Gasteiger partial charge in [-0.2, -0.15) is 12.7 Å². The van der Waals surface area contributed by atoms with Crippen LogP contribution < -0.4 is 4.72 Å². The van der Waals surface area contributed by atoms with Crippen molar-refractivity contribution in [3.63, 3.8) is 0 Å². The highest BCUT2D eigenvalue weighted by Crippen LogP contribution is 2.31. The number of aryl methyl sites for hydroxylation is 1. The van der Waals surface area contributed by atoms with Crippen LogP contribution in [-0.2, 0) is 23.2 Å². The average Bonchev–Trinajstić information content (AvgIpc) is 2.95. The van der Waals surface area contributed by atoms with E-state index in [4.69, 9.17) is 23.2 Å². The minimum atomic E-state index is -3.68. The normalized spacial score (nSPS) is 15.2. The maximum absolute atomic E-state index is 12.8. The molecule has 1 aliphatic heterocycles. The van der Waals surface area contributed by atoms with Gasteiger partial charge in [-0.05, 0) is 54.8 Å². The summed E-state index contributed by atoms with van der Waals surface area (Å²) in [5.41, 5.74) is 4.36. The Kier molecular flexibility index (Phi) is 4.39. The number of H-pyrrole nitrogens is 1. The zero-order chi connectivity index (χ0) is 18.5. The minimum absolute atomic E-state index is 0.288. The van der Waals surface area contributed by atoms with Crippen LogP contribution in [0.3, 0.4) is 0 Å². The van der Waals surface area contributed by atoms with E-state index in [0.29, 0.717) is 28.7 Å². The Bertz CT molecular complexity index is 1110. The molecule has 0 aliphatic carbocycles. The number of hydrogen-bond donors (Lipinski definition) is 2. The molecule has 1 aromatic heterocycles. The van der Waals surface area contributed by atoms with Gasteiger partial charge in [0, 0.05) is 33.2 Å². The number of anilines is 1. The number of benzene rings is 2. The van der Waals surface area contributed by atoms with Crippen molar-refractivity contribution in [1.29, 1.82) is 0 Å². The summed E-state index contributed by atoms with van der Waals surface area (Å²) < 4.78 is 29.6. The highest BCUT2D eigenvalue weighted by Gasteiger charge is 2.29. The summed E-state index contributed by atoms with van der Waals surface area (Å²) in [4.78, 5) is 3.31. The zero-order valence-electron chi connectivity index (χ0n) is 14.0. The molecule has 2 N–H and O–H groups in total. The van der Waals surface area contributed by atoms with Crippen LogP contribution in [0.2, 0.25) is 10.0 Å². The van der Waals surface area contributed by atoms with Crippen LogP contribution in [0.1, 0.15) is 16.8 Å². The van der Waals surface area contributed by atoms with Crippen molar-refractivity contribution < 1.29 is 8.42 Å². The molecular formula is C18H17Cl2N3O2S. The summed E-state index contributed by atoms with van der Waals surface area (Å²) in [6.07, 6.45) is 0.630. The molecule has 2 aromatic carbocycles. The maximum Gasteiger partial charge on any atom is 0.302 e. The van der Waals surface area contributed by atoms with Gasteiger partial charge in [-0.3, -0.25) is 4.72 Å². The predicted octanol–water partition coefficient (Wildman–Crippen LogP) is 4.50. The van der Waals surface area contributed by atoms with Crippen molar-refractivity contribution in [2.24, 2.45) is 0 Å². The largest absolute Gasteiger partial charge is 0.357 e. The lowest BCUT2D eigenvalue weighted by atomic mass is 10.0. The standard InChI is InChI=1S/C18H17Cl2N3O2S/c1-11-2-4-13(9-16(11)20)22-26(24,25)23-7-6-14-15-8-12(19)3-5-17(15)21-18(14)10-23/h2-5,8-9,21-22H,6-7,10H2,1H3. The van der Waals surface area contributed by atoms with E-state index in [9.17, 15) is 8.42 Å². The van der Waals surface area contributed by atoms with Gasteiger partial charge in [0.2, 0.25) is 0 Å². The van der Waals surface area contributed by atoms with Crippen LogP contribution in [-0.4, -0.2) is 24.3 Å². The summed E-state index contributed by atoms with van der Waals surface area (Å²) >= 11 is 12.2. The van der Waals surface area contributed by atoms with E-state index in [1.807, 2.05) is 25.1 Å². The number of nitrogens with zero attached hydrogens (tertiary/aromatic N) is 1. The number of fused-ring (bicyclic) bond motifs is 3. The first-order valence-electron chi connectivity index (χ1n) is 8.16. The molecule has 0 radical (unpaired) electrons. The second-order valence-electron chi connectivity index (χ2n) is 6.43. The Hall–Kier alpha value is -1.73. The van der Waals surface area contributed by atoms with Gasteiger partial charge in [0.15, 0.2) is 0 Å². The maximum atomic E-state index is 12.8. The molecule has 8 heteroatoms. The number of aromatic amines is 1. The van der Waals surface area contributed by atoms with Crippen molar-refractivity contribution >= 4 is 50.0 Å². The first-order valence-corrected chi connectivity index (χ1v) is 10.4. The minimum Gasteiger partial charge on any atom is -0.357 e. The summed E-state index contributed by atoms with van der Waals surface area (Å²) in [6, 6.07) is 10.8. The van der Waals surface area contributed by atoms with E-state index in [-0.39, 0.29) is 6.54 Å². The summed E-state index contributed by atoms with van der Waals surface area (Å²) in [6.45, 7) is 2.56. The molecule has 0 saturated carbocycles. The molecule has 0 unspecified atom stereocenters. The van der Waals surface area contributed by atoms with Gasteiger partial charge in [0.05, 0.1) is 12.2 Å². The van der Waals surface area contributed by atoms with Crippen molar-refractivity contribution in [2.45, 2.75) is 19.9 Å². The van der Waals surface area contributed by atoms with Crippen molar-refractivity contribution in [2.75, 3.05) is 11.3 Å². The van der Waals surface area contributed by atoms with Crippen LogP contribution in [0.15, 0.2) is 36.4 Å². The lowest BCUT2D eigenvalue weighted by Crippen LogP contribution is -2.39. The summed E-state index contributed by atoms with van der Waals surface area (Å²) in [7, 11) is -3.68. The number of aromatic nitrogens is 1. The Labute approximate surface area is 162 Å². The van der Waals surface area contributed by atoms with Gasteiger partial charge >= 0.3 is 10.2 Å². The van der Waals surface area contributed by atoms with Gasteiger partial charge in [0.25, 0.3) is 0 Å². The van der Waals surface area contributed by atoms with E-state index in [1.165, 1.54) is 4.31 Å². The van der Waals surface area contributed by atoms with Gasteiger partial charge in [-0.1, -0.05) is 29.3 Å². The van der Waals surface area contributed by atoms with Gasteiger partial charge in [0.1, 0.15) is 0 Å². The molecule has 136 valence electrons. The van der Waals surface area contributed by atoms with E-state index < -0.39 is 10.2 Å². The zero-order valence-corrected chi connectivity index (χ0v) is 16.3. The quantitative estimate of drug-likeness (QED) is 0.668. The Morgan fingerprint density at radius 3 is 2.73 bits per heavy atom. The lowest BCUT2D eigenvalue weighted by molar-refractivity contribution is 0.391. The smallest absolute Gasteiger partial charge is 0.302 e. The molecule has 1 aliphatic rings. The fourth-order valence-electron chi connectivity index (χ4n) is 3.26. The van der Waals surface area contributed by atoms with E-state index >= 15 is 0 Å². The third-order valence-corrected chi connectivity index (χ3v) is 6.79. The Morgan fingerprint density at radius 2 is 1.96 bits per heavy atom. The number of hydrogen-bond acceptors (Lipinski definition) is 2. The molecule has 5 nitrogen and oxygen atoms in total. The first kappa shape index (κ1) is 17.7. The SMILES string of the molecule is Cc1ccc(NS(=O)(=O)N2CCc3c([nH]c4ccc(Cl)cc34)C2)cc1Cl. The molecule has 4 rings (SSSR count). The Morgan fingerprint density at radius 1 is 1.15 bits per heavy atom. The number of nitrogens with one attached hydrogen (secondary N) is 2.